The number of thiophene rings is 1. The van der Waals surface area contributed by atoms with E-state index in [9.17, 15) is 9.18 Å². The maximum atomic E-state index is 13.6. The highest BCUT2D eigenvalue weighted by molar-refractivity contribution is 7.20. The van der Waals surface area contributed by atoms with Crippen molar-refractivity contribution in [1.29, 1.82) is 0 Å². The van der Waals surface area contributed by atoms with Crippen LogP contribution >= 0.6 is 11.3 Å². The fraction of sp³-hybridized carbons (Fsp3) is 0.0455. The Morgan fingerprint density at radius 2 is 2.00 bits per heavy atom. The van der Waals surface area contributed by atoms with Crippen molar-refractivity contribution < 1.29 is 13.9 Å². The Morgan fingerprint density at radius 1 is 1.10 bits per heavy atom. The first-order valence-corrected chi connectivity index (χ1v) is 9.71. The van der Waals surface area contributed by atoms with E-state index in [0.717, 1.165) is 26.7 Å². The van der Waals surface area contributed by atoms with E-state index in [2.05, 4.69) is 10.1 Å². The maximum Gasteiger partial charge on any atom is 0.353 e. The molecule has 5 rings (SSSR count). The number of carbonyl (C=O) groups excluding carboxylic acids is 1. The van der Waals surface area contributed by atoms with E-state index in [1.807, 2.05) is 25.1 Å². The van der Waals surface area contributed by atoms with Gasteiger partial charge in [0.1, 0.15) is 21.3 Å². The number of fused-ring (bicyclic) bond motifs is 2. The fourth-order valence-electron chi connectivity index (χ4n) is 3.21. The van der Waals surface area contributed by atoms with Crippen molar-refractivity contribution >= 4 is 38.3 Å². The van der Waals surface area contributed by atoms with Gasteiger partial charge in [-0.05, 0) is 60.8 Å². The van der Waals surface area contributed by atoms with Crippen molar-refractivity contribution in [3.63, 3.8) is 0 Å². The number of hydrogen-bond acceptors (Lipinski definition) is 5. The Bertz CT molecular complexity index is 1390. The first-order valence-electron chi connectivity index (χ1n) is 8.89. The molecule has 0 amide bonds. The third kappa shape index (κ3) is 3.15. The molecule has 3 heterocycles. The van der Waals surface area contributed by atoms with Gasteiger partial charge in [0.2, 0.25) is 0 Å². The zero-order chi connectivity index (χ0) is 20.0. The van der Waals surface area contributed by atoms with E-state index in [1.165, 1.54) is 23.5 Å². The van der Waals surface area contributed by atoms with Crippen LogP contribution in [0.1, 0.15) is 15.4 Å². The second kappa shape index (κ2) is 6.79. The summed E-state index contributed by atoms with van der Waals surface area (Å²) >= 11 is 1.27. The molecule has 142 valence electrons. The summed E-state index contributed by atoms with van der Waals surface area (Å²) in [5.41, 5.74) is 1.37. The molecule has 3 aromatic heterocycles. The molecule has 0 saturated heterocycles. The van der Waals surface area contributed by atoms with Crippen molar-refractivity contribution in [2.45, 2.75) is 6.92 Å². The average molecular weight is 403 g/mol. The lowest BCUT2D eigenvalue weighted by Gasteiger charge is -2.04. The van der Waals surface area contributed by atoms with Crippen molar-refractivity contribution in [2.24, 2.45) is 0 Å². The van der Waals surface area contributed by atoms with Gasteiger partial charge in [-0.25, -0.2) is 13.9 Å². The summed E-state index contributed by atoms with van der Waals surface area (Å²) in [6, 6.07) is 15.2. The Balaban J connectivity index is 1.49. The van der Waals surface area contributed by atoms with Gasteiger partial charge in [0.05, 0.1) is 11.4 Å². The van der Waals surface area contributed by atoms with E-state index < -0.39 is 5.97 Å². The minimum Gasteiger partial charge on any atom is -0.422 e. The molecule has 0 bridgehead atoms. The number of hydrogen-bond donors (Lipinski definition) is 0. The average Bonchev–Trinajstić information content (AvgIpc) is 3.29. The van der Waals surface area contributed by atoms with Gasteiger partial charge >= 0.3 is 5.97 Å². The molecule has 0 aliphatic heterocycles. The van der Waals surface area contributed by atoms with Crippen LogP contribution in [-0.4, -0.2) is 20.7 Å². The first kappa shape index (κ1) is 17.5. The van der Waals surface area contributed by atoms with Crippen molar-refractivity contribution in [1.82, 2.24) is 14.8 Å². The van der Waals surface area contributed by atoms with Crippen LogP contribution in [0.2, 0.25) is 0 Å². The third-order valence-corrected chi connectivity index (χ3v) is 5.71. The Morgan fingerprint density at radius 3 is 2.86 bits per heavy atom. The van der Waals surface area contributed by atoms with Crippen LogP contribution in [0, 0.1) is 12.7 Å². The number of aryl methyl sites for hydroxylation is 1. The van der Waals surface area contributed by atoms with Gasteiger partial charge in [-0.2, -0.15) is 5.10 Å². The van der Waals surface area contributed by atoms with Crippen molar-refractivity contribution in [2.75, 3.05) is 0 Å². The van der Waals surface area contributed by atoms with Gasteiger partial charge in [-0.1, -0.05) is 6.07 Å². The summed E-state index contributed by atoms with van der Waals surface area (Å²) < 4.78 is 20.9. The predicted octanol–water partition coefficient (Wildman–Crippen LogP) is 5.30. The number of benzene rings is 2. The molecule has 5 nitrogen and oxygen atoms in total. The zero-order valence-electron chi connectivity index (χ0n) is 15.3. The third-order valence-electron chi connectivity index (χ3n) is 4.62. The van der Waals surface area contributed by atoms with E-state index in [0.29, 0.717) is 16.3 Å². The highest BCUT2D eigenvalue weighted by atomic mass is 32.1. The molecule has 29 heavy (non-hydrogen) atoms. The summed E-state index contributed by atoms with van der Waals surface area (Å²) in [4.78, 5) is 18.0. The summed E-state index contributed by atoms with van der Waals surface area (Å²) in [5.74, 6) is -0.314. The van der Waals surface area contributed by atoms with E-state index in [1.54, 1.807) is 41.3 Å². The molecule has 0 N–H and O–H groups in total. The topological polar surface area (TPSA) is 57.0 Å². The fourth-order valence-corrected chi connectivity index (χ4v) is 4.27. The number of halogens is 1. The number of aromatic nitrogens is 3. The van der Waals surface area contributed by atoms with Crippen LogP contribution in [0.4, 0.5) is 4.39 Å². The number of nitrogens with zero attached hydrogens (tertiary/aromatic N) is 3. The molecule has 0 saturated carbocycles. The van der Waals surface area contributed by atoms with Gasteiger partial charge < -0.3 is 4.74 Å². The number of carbonyl (C=O) groups is 1. The van der Waals surface area contributed by atoms with E-state index in [4.69, 9.17) is 4.74 Å². The van der Waals surface area contributed by atoms with Crippen molar-refractivity contribution in [3.8, 4) is 11.4 Å². The lowest BCUT2D eigenvalue weighted by Crippen LogP contribution is -2.06. The molecular formula is C22H14FN3O2S. The molecular weight excluding hydrogens is 389 g/mol. The van der Waals surface area contributed by atoms with Gasteiger partial charge in [0, 0.05) is 23.2 Å². The molecule has 2 aromatic carbocycles. The summed E-state index contributed by atoms with van der Waals surface area (Å²) in [6.07, 6.45) is 3.45. The normalized spacial score (nSPS) is 11.2. The largest absolute Gasteiger partial charge is 0.422 e. The number of ether oxygens (including phenoxy) is 1. The van der Waals surface area contributed by atoms with Gasteiger partial charge in [0.15, 0.2) is 0 Å². The van der Waals surface area contributed by atoms with Crippen LogP contribution in [-0.2, 0) is 0 Å². The smallest absolute Gasteiger partial charge is 0.353 e. The number of esters is 1. The summed E-state index contributed by atoms with van der Waals surface area (Å²) in [7, 11) is 0. The minimum absolute atomic E-state index is 0.341. The number of rotatable bonds is 3. The van der Waals surface area contributed by atoms with Gasteiger partial charge in [0.25, 0.3) is 0 Å². The lowest BCUT2D eigenvalue weighted by molar-refractivity contribution is 0.0740. The molecule has 0 radical (unpaired) electrons. The monoisotopic (exact) mass is 403 g/mol. The van der Waals surface area contributed by atoms with Crippen molar-refractivity contribution in [3.05, 3.63) is 83.4 Å². The SMILES string of the molecule is Cc1nn(-c2cccc(F)c2)c2sc(C(=O)Oc3ccc4cnccc4c3)cc12. The second-order valence-electron chi connectivity index (χ2n) is 6.58. The Kier molecular flexibility index (Phi) is 4.10. The van der Waals surface area contributed by atoms with Crippen LogP contribution < -0.4 is 4.74 Å². The Hall–Kier alpha value is -3.58. The van der Waals surface area contributed by atoms with Crippen LogP contribution in [0.3, 0.4) is 0 Å². The zero-order valence-corrected chi connectivity index (χ0v) is 16.1. The second-order valence-corrected chi connectivity index (χ2v) is 7.61. The Labute approximate surface area is 169 Å². The molecule has 0 aliphatic carbocycles. The van der Waals surface area contributed by atoms with E-state index >= 15 is 0 Å². The molecule has 7 heteroatoms. The quantitative estimate of drug-likeness (QED) is 0.303. The molecule has 0 unspecified atom stereocenters. The molecule has 0 atom stereocenters. The van der Waals surface area contributed by atoms with Gasteiger partial charge in [-0.15, -0.1) is 11.3 Å². The molecule has 5 aromatic rings. The van der Waals surface area contributed by atoms with Crippen LogP contribution in [0.25, 0.3) is 26.7 Å². The van der Waals surface area contributed by atoms with Crippen LogP contribution in [0.15, 0.2) is 67.0 Å². The predicted molar refractivity (Wildman–Crippen MR) is 110 cm³/mol. The summed E-state index contributed by atoms with van der Waals surface area (Å²) in [5, 5.41) is 7.24. The lowest BCUT2D eigenvalue weighted by atomic mass is 10.2. The minimum atomic E-state index is -0.440. The maximum absolute atomic E-state index is 13.6. The van der Waals surface area contributed by atoms with E-state index in [-0.39, 0.29) is 5.82 Å². The highest BCUT2D eigenvalue weighted by Gasteiger charge is 2.19. The van der Waals surface area contributed by atoms with Crippen LogP contribution in [0.5, 0.6) is 5.75 Å². The molecule has 0 fully saturated rings. The standard InChI is InChI=1S/C22H14FN3O2S/c1-13-19-11-20(29-21(19)26(25-13)17-4-2-3-16(23)10-17)22(27)28-18-6-5-15-12-24-8-7-14(15)9-18/h2-12H,1H3. The first-order chi connectivity index (χ1) is 14.1. The summed E-state index contributed by atoms with van der Waals surface area (Å²) in [6.45, 7) is 1.86. The molecule has 0 aliphatic rings. The highest BCUT2D eigenvalue weighted by Crippen LogP contribution is 2.31. The molecule has 0 spiro atoms. The number of pyridine rings is 1. The van der Waals surface area contributed by atoms with Gasteiger partial charge in [-0.3, -0.25) is 4.98 Å².